The van der Waals surface area contributed by atoms with Gasteiger partial charge in [-0.3, -0.25) is 14.6 Å². The number of benzene rings is 2. The highest BCUT2D eigenvalue weighted by Crippen LogP contribution is 2.21. The van der Waals surface area contributed by atoms with Crippen molar-refractivity contribution in [1.82, 2.24) is 4.98 Å². The Morgan fingerprint density at radius 1 is 0.893 bits per heavy atom. The number of aryl methyl sites for hydroxylation is 1. The Bertz CT molecular complexity index is 1160. The van der Waals surface area contributed by atoms with Crippen LogP contribution in [0.4, 0.5) is 11.4 Å². The first kappa shape index (κ1) is 17.5. The second-order valence-corrected chi connectivity index (χ2v) is 6.31. The number of carbonyl (C=O) groups is 2. The van der Waals surface area contributed by atoms with E-state index in [-0.39, 0.29) is 11.8 Å². The predicted molar refractivity (Wildman–Crippen MR) is 108 cm³/mol. The topological polar surface area (TPSA) is 84.2 Å². The predicted octanol–water partition coefficient (Wildman–Crippen LogP) is 4.64. The van der Waals surface area contributed by atoms with Crippen LogP contribution in [-0.4, -0.2) is 16.8 Å². The van der Waals surface area contributed by atoms with Gasteiger partial charge < -0.3 is 15.1 Å². The molecular weight excluding hydrogens is 354 g/mol. The summed E-state index contributed by atoms with van der Waals surface area (Å²) in [6.07, 6.45) is 3.10. The summed E-state index contributed by atoms with van der Waals surface area (Å²) >= 11 is 0. The number of aromatic nitrogens is 1. The van der Waals surface area contributed by atoms with Gasteiger partial charge in [0.1, 0.15) is 12.0 Å². The number of nitrogens with zero attached hydrogens (tertiary/aromatic N) is 1. The second-order valence-electron chi connectivity index (χ2n) is 6.31. The number of anilines is 2. The molecule has 2 heterocycles. The molecule has 28 heavy (non-hydrogen) atoms. The fourth-order valence-corrected chi connectivity index (χ4v) is 2.87. The van der Waals surface area contributed by atoms with Crippen LogP contribution >= 0.6 is 0 Å². The monoisotopic (exact) mass is 371 g/mol. The van der Waals surface area contributed by atoms with Crippen molar-refractivity contribution in [2.75, 3.05) is 10.6 Å². The van der Waals surface area contributed by atoms with Gasteiger partial charge in [-0.15, -0.1) is 0 Å². The Morgan fingerprint density at radius 2 is 1.64 bits per heavy atom. The highest BCUT2D eigenvalue weighted by atomic mass is 16.3. The van der Waals surface area contributed by atoms with Crippen LogP contribution < -0.4 is 10.6 Å². The molecule has 138 valence electrons. The molecule has 0 spiro atoms. The normalized spacial score (nSPS) is 10.6. The summed E-state index contributed by atoms with van der Waals surface area (Å²) in [6, 6.07) is 17.8. The first-order chi connectivity index (χ1) is 13.6. The van der Waals surface area contributed by atoms with Gasteiger partial charge in [-0.1, -0.05) is 18.2 Å². The number of furan rings is 1. The van der Waals surface area contributed by atoms with Gasteiger partial charge in [0, 0.05) is 22.8 Å². The zero-order chi connectivity index (χ0) is 19.5. The van der Waals surface area contributed by atoms with Crippen molar-refractivity contribution < 1.29 is 14.0 Å². The van der Waals surface area contributed by atoms with E-state index in [2.05, 4.69) is 15.6 Å². The molecule has 6 heteroatoms. The Balaban J connectivity index is 1.47. The number of nitrogens with one attached hydrogen (secondary N) is 2. The van der Waals surface area contributed by atoms with Crippen molar-refractivity contribution in [3.63, 3.8) is 0 Å². The lowest BCUT2D eigenvalue weighted by atomic mass is 10.1. The summed E-state index contributed by atoms with van der Waals surface area (Å²) in [5.74, 6) is 0.150. The van der Waals surface area contributed by atoms with Gasteiger partial charge in [0.25, 0.3) is 11.8 Å². The number of rotatable bonds is 4. The van der Waals surface area contributed by atoms with E-state index in [1.54, 1.807) is 43.5 Å². The van der Waals surface area contributed by atoms with Gasteiger partial charge in [-0.25, -0.2) is 0 Å². The Kier molecular flexibility index (Phi) is 4.60. The Hall–Kier alpha value is -3.93. The van der Waals surface area contributed by atoms with Crippen LogP contribution in [0.15, 0.2) is 77.5 Å². The molecular formula is C22H17N3O3. The number of hydrogen-bond acceptors (Lipinski definition) is 4. The number of hydrogen-bond donors (Lipinski definition) is 2. The summed E-state index contributed by atoms with van der Waals surface area (Å²) in [6.45, 7) is 1.77. The molecule has 0 aliphatic rings. The minimum Gasteiger partial charge on any atom is -0.469 e. The standard InChI is InChI=1S/C22H17N3O3/c1-14-12-17(13-28-14)22(27)24-18-9-7-16(8-10-18)21(26)25-19-6-2-4-15-5-3-11-23-20(15)19/h2-13H,1H3,(H,24,27)(H,25,26). The number of fused-ring (bicyclic) bond motifs is 1. The van der Waals surface area contributed by atoms with Crippen LogP contribution in [-0.2, 0) is 0 Å². The lowest BCUT2D eigenvalue weighted by Crippen LogP contribution is -2.13. The number of pyridine rings is 1. The van der Waals surface area contributed by atoms with Crippen molar-refractivity contribution in [2.24, 2.45) is 0 Å². The first-order valence-electron chi connectivity index (χ1n) is 8.72. The zero-order valence-corrected chi connectivity index (χ0v) is 15.1. The maximum atomic E-state index is 12.6. The minimum atomic E-state index is -0.268. The first-order valence-corrected chi connectivity index (χ1v) is 8.72. The molecule has 2 N–H and O–H groups in total. The largest absolute Gasteiger partial charge is 0.469 e. The maximum Gasteiger partial charge on any atom is 0.258 e. The Morgan fingerprint density at radius 3 is 2.39 bits per heavy atom. The van der Waals surface area contributed by atoms with Gasteiger partial charge in [0.2, 0.25) is 0 Å². The number of para-hydroxylation sites is 1. The van der Waals surface area contributed by atoms with E-state index in [1.807, 2.05) is 30.3 Å². The smallest absolute Gasteiger partial charge is 0.258 e. The third-order valence-corrected chi connectivity index (χ3v) is 4.28. The van der Waals surface area contributed by atoms with Crippen LogP contribution in [0.2, 0.25) is 0 Å². The van der Waals surface area contributed by atoms with Crippen LogP contribution in [0, 0.1) is 6.92 Å². The summed E-state index contributed by atoms with van der Waals surface area (Å²) in [5, 5.41) is 6.61. The van der Waals surface area contributed by atoms with Crippen LogP contribution in [0.3, 0.4) is 0 Å². The Labute approximate surface area is 161 Å². The summed E-state index contributed by atoms with van der Waals surface area (Å²) in [5.41, 5.74) is 2.90. The van der Waals surface area contributed by atoms with Crippen LogP contribution in [0.5, 0.6) is 0 Å². The van der Waals surface area contributed by atoms with Crippen molar-refractivity contribution in [2.45, 2.75) is 6.92 Å². The van der Waals surface area contributed by atoms with Crippen LogP contribution in [0.1, 0.15) is 26.5 Å². The van der Waals surface area contributed by atoms with Crippen LogP contribution in [0.25, 0.3) is 10.9 Å². The fourth-order valence-electron chi connectivity index (χ4n) is 2.87. The maximum absolute atomic E-state index is 12.6. The molecule has 0 atom stereocenters. The van der Waals surface area contributed by atoms with E-state index in [0.717, 1.165) is 10.9 Å². The second kappa shape index (κ2) is 7.36. The molecule has 2 amide bonds. The van der Waals surface area contributed by atoms with Crippen molar-refractivity contribution in [3.05, 3.63) is 90.0 Å². The molecule has 2 aromatic heterocycles. The molecule has 6 nitrogen and oxygen atoms in total. The van der Waals surface area contributed by atoms with Gasteiger partial charge >= 0.3 is 0 Å². The van der Waals surface area contributed by atoms with Gasteiger partial charge in [-0.2, -0.15) is 0 Å². The van der Waals surface area contributed by atoms with E-state index in [9.17, 15) is 9.59 Å². The molecule has 0 radical (unpaired) electrons. The van der Waals surface area contributed by atoms with Crippen molar-refractivity contribution in [3.8, 4) is 0 Å². The highest BCUT2D eigenvalue weighted by molar-refractivity contribution is 6.09. The van der Waals surface area contributed by atoms with Gasteiger partial charge in [0.05, 0.1) is 16.8 Å². The molecule has 4 aromatic rings. The lowest BCUT2D eigenvalue weighted by molar-refractivity contribution is 0.101. The average molecular weight is 371 g/mol. The summed E-state index contributed by atoms with van der Waals surface area (Å²) < 4.78 is 5.14. The number of amides is 2. The molecule has 0 saturated heterocycles. The average Bonchev–Trinajstić information content (AvgIpc) is 3.15. The molecule has 0 aliphatic heterocycles. The van der Waals surface area contributed by atoms with E-state index in [1.165, 1.54) is 6.26 Å². The minimum absolute atomic E-state index is 0.249. The lowest BCUT2D eigenvalue weighted by Gasteiger charge is -2.09. The quantitative estimate of drug-likeness (QED) is 0.547. The van der Waals surface area contributed by atoms with E-state index >= 15 is 0 Å². The zero-order valence-electron chi connectivity index (χ0n) is 15.1. The third-order valence-electron chi connectivity index (χ3n) is 4.28. The fraction of sp³-hybridized carbons (Fsp3) is 0.0455. The van der Waals surface area contributed by atoms with Crippen molar-refractivity contribution >= 4 is 34.1 Å². The van der Waals surface area contributed by atoms with E-state index in [0.29, 0.717) is 28.3 Å². The van der Waals surface area contributed by atoms with E-state index < -0.39 is 0 Å². The molecule has 0 unspecified atom stereocenters. The molecule has 4 rings (SSSR count). The molecule has 0 saturated carbocycles. The summed E-state index contributed by atoms with van der Waals surface area (Å²) in [4.78, 5) is 29.1. The molecule has 0 bridgehead atoms. The SMILES string of the molecule is Cc1cc(C(=O)Nc2ccc(C(=O)Nc3cccc4cccnc34)cc2)co1. The third kappa shape index (κ3) is 3.61. The van der Waals surface area contributed by atoms with Crippen molar-refractivity contribution in [1.29, 1.82) is 0 Å². The molecule has 2 aromatic carbocycles. The van der Waals surface area contributed by atoms with E-state index in [4.69, 9.17) is 4.42 Å². The van der Waals surface area contributed by atoms with Gasteiger partial charge in [-0.05, 0) is 49.4 Å². The summed E-state index contributed by atoms with van der Waals surface area (Å²) in [7, 11) is 0. The molecule has 0 fully saturated rings. The number of carbonyl (C=O) groups excluding carboxylic acids is 2. The van der Waals surface area contributed by atoms with Gasteiger partial charge in [0.15, 0.2) is 0 Å². The molecule has 0 aliphatic carbocycles. The highest BCUT2D eigenvalue weighted by Gasteiger charge is 2.11.